The van der Waals surface area contributed by atoms with Crippen LogP contribution in [-0.2, 0) is 0 Å². The highest BCUT2D eigenvalue weighted by atomic mass is 19.1. The second-order valence-electron chi connectivity index (χ2n) is 3.79. The molecule has 0 saturated carbocycles. The van der Waals surface area contributed by atoms with Crippen molar-refractivity contribution in [2.75, 3.05) is 7.11 Å². The van der Waals surface area contributed by atoms with Gasteiger partial charge in [-0.3, -0.25) is 0 Å². The zero-order chi connectivity index (χ0) is 14.0. The summed E-state index contributed by atoms with van der Waals surface area (Å²) in [6.45, 7) is 0. The van der Waals surface area contributed by atoms with Crippen LogP contribution < -0.4 is 4.74 Å². The lowest BCUT2D eigenvalue weighted by molar-refractivity contribution is 0.0692. The minimum Gasteiger partial charge on any atom is -0.494 e. The van der Waals surface area contributed by atoms with Gasteiger partial charge in [-0.25, -0.2) is 13.6 Å². The van der Waals surface area contributed by atoms with Gasteiger partial charge in [-0.05, 0) is 12.1 Å². The molecule has 2 aromatic carbocycles. The highest BCUT2D eigenvalue weighted by molar-refractivity contribution is 5.90. The number of carboxylic acid groups (broad SMARTS) is 1. The van der Waals surface area contributed by atoms with Crippen molar-refractivity contribution < 1.29 is 23.4 Å². The molecule has 0 amide bonds. The van der Waals surface area contributed by atoms with E-state index in [-0.39, 0.29) is 16.9 Å². The molecule has 2 rings (SSSR count). The SMILES string of the molecule is COc1cccc(-c2cccc(C(=O)O)c2F)c1F. The van der Waals surface area contributed by atoms with Crippen molar-refractivity contribution in [3.8, 4) is 16.9 Å². The number of hydrogen-bond acceptors (Lipinski definition) is 2. The van der Waals surface area contributed by atoms with Gasteiger partial charge < -0.3 is 9.84 Å². The van der Waals surface area contributed by atoms with Crippen LogP contribution in [-0.4, -0.2) is 18.2 Å². The molecule has 0 heterocycles. The molecule has 0 bridgehead atoms. The Hall–Kier alpha value is -2.43. The fourth-order valence-corrected chi connectivity index (χ4v) is 1.78. The number of hydrogen-bond donors (Lipinski definition) is 1. The maximum absolute atomic E-state index is 14.0. The van der Waals surface area contributed by atoms with E-state index in [2.05, 4.69) is 0 Å². The van der Waals surface area contributed by atoms with Crippen molar-refractivity contribution in [2.45, 2.75) is 0 Å². The van der Waals surface area contributed by atoms with Crippen molar-refractivity contribution in [3.05, 3.63) is 53.6 Å². The zero-order valence-corrected chi connectivity index (χ0v) is 9.98. The van der Waals surface area contributed by atoms with Gasteiger partial charge in [-0.15, -0.1) is 0 Å². The minimum absolute atomic E-state index is 0.0300. The average molecular weight is 264 g/mol. The molecule has 0 unspecified atom stereocenters. The van der Waals surface area contributed by atoms with E-state index < -0.39 is 23.2 Å². The van der Waals surface area contributed by atoms with Crippen molar-refractivity contribution in [3.63, 3.8) is 0 Å². The van der Waals surface area contributed by atoms with Gasteiger partial charge in [0, 0.05) is 11.1 Å². The molecular formula is C14H10F2O3. The third-order valence-corrected chi connectivity index (χ3v) is 2.70. The molecule has 0 aliphatic heterocycles. The smallest absolute Gasteiger partial charge is 0.338 e. The summed E-state index contributed by atoms with van der Waals surface area (Å²) in [7, 11) is 1.30. The third-order valence-electron chi connectivity index (χ3n) is 2.70. The summed E-state index contributed by atoms with van der Waals surface area (Å²) in [5.74, 6) is -3.13. The monoisotopic (exact) mass is 264 g/mol. The summed E-state index contributed by atoms with van der Waals surface area (Å²) >= 11 is 0. The molecule has 0 fully saturated rings. The van der Waals surface area contributed by atoms with Gasteiger partial charge in [0.15, 0.2) is 11.6 Å². The number of carbonyl (C=O) groups is 1. The Kier molecular flexibility index (Phi) is 3.46. The Balaban J connectivity index is 2.66. The molecule has 0 aliphatic rings. The fourth-order valence-electron chi connectivity index (χ4n) is 1.78. The molecule has 19 heavy (non-hydrogen) atoms. The van der Waals surface area contributed by atoms with Crippen LogP contribution in [0.3, 0.4) is 0 Å². The van der Waals surface area contributed by atoms with E-state index in [1.54, 1.807) is 0 Å². The van der Waals surface area contributed by atoms with Crippen molar-refractivity contribution >= 4 is 5.97 Å². The lowest BCUT2D eigenvalue weighted by Gasteiger charge is -2.09. The first kappa shape index (κ1) is 13.0. The topological polar surface area (TPSA) is 46.5 Å². The van der Waals surface area contributed by atoms with Gasteiger partial charge in [0.2, 0.25) is 0 Å². The number of carboxylic acids is 1. The average Bonchev–Trinajstić information content (AvgIpc) is 2.39. The lowest BCUT2D eigenvalue weighted by Crippen LogP contribution is -2.02. The van der Waals surface area contributed by atoms with Gasteiger partial charge in [0.05, 0.1) is 12.7 Å². The van der Waals surface area contributed by atoms with Gasteiger partial charge in [0.25, 0.3) is 0 Å². The molecule has 3 nitrogen and oxygen atoms in total. The van der Waals surface area contributed by atoms with Crippen LogP contribution in [0.2, 0.25) is 0 Å². The Morgan fingerprint density at radius 1 is 1.05 bits per heavy atom. The normalized spacial score (nSPS) is 10.3. The molecule has 5 heteroatoms. The molecule has 1 N–H and O–H groups in total. The number of aromatic carboxylic acids is 1. The van der Waals surface area contributed by atoms with Gasteiger partial charge in [0.1, 0.15) is 5.82 Å². The molecule has 0 radical (unpaired) electrons. The number of benzene rings is 2. The predicted octanol–water partition coefficient (Wildman–Crippen LogP) is 3.34. The minimum atomic E-state index is -1.40. The zero-order valence-electron chi connectivity index (χ0n) is 9.98. The first-order chi connectivity index (χ1) is 9.06. The molecule has 0 aromatic heterocycles. The van der Waals surface area contributed by atoms with Gasteiger partial charge in [-0.1, -0.05) is 24.3 Å². The highest BCUT2D eigenvalue weighted by Crippen LogP contribution is 2.31. The molecule has 2 aromatic rings. The number of rotatable bonds is 3. The molecule has 98 valence electrons. The Labute approximate surface area is 108 Å². The lowest BCUT2D eigenvalue weighted by atomic mass is 10.0. The van der Waals surface area contributed by atoms with E-state index >= 15 is 0 Å². The Morgan fingerprint density at radius 3 is 2.21 bits per heavy atom. The molecule has 0 aliphatic carbocycles. The molecular weight excluding hydrogens is 254 g/mol. The van der Waals surface area contributed by atoms with Gasteiger partial charge in [-0.2, -0.15) is 0 Å². The second kappa shape index (κ2) is 5.06. The summed E-state index contributed by atoms with van der Waals surface area (Å²) < 4.78 is 32.9. The van der Waals surface area contributed by atoms with E-state index in [9.17, 15) is 13.6 Å². The predicted molar refractivity (Wildman–Crippen MR) is 65.3 cm³/mol. The Bertz CT molecular complexity index is 639. The Morgan fingerprint density at radius 2 is 1.63 bits per heavy atom. The quantitative estimate of drug-likeness (QED) is 0.924. The van der Waals surface area contributed by atoms with E-state index in [1.165, 1.54) is 37.4 Å². The second-order valence-corrected chi connectivity index (χ2v) is 3.79. The third kappa shape index (κ3) is 2.27. The largest absolute Gasteiger partial charge is 0.494 e. The number of halogens is 2. The van der Waals surface area contributed by atoms with Crippen LogP contribution in [0.25, 0.3) is 11.1 Å². The first-order valence-electron chi connectivity index (χ1n) is 5.41. The van der Waals surface area contributed by atoms with E-state index in [1.807, 2.05) is 0 Å². The summed E-state index contributed by atoms with van der Waals surface area (Å²) in [5, 5.41) is 8.85. The van der Waals surface area contributed by atoms with E-state index in [0.29, 0.717) is 0 Å². The maximum atomic E-state index is 14.0. The van der Waals surface area contributed by atoms with Crippen LogP contribution >= 0.6 is 0 Å². The first-order valence-corrected chi connectivity index (χ1v) is 5.41. The number of methoxy groups -OCH3 is 1. The van der Waals surface area contributed by atoms with Crippen molar-refractivity contribution in [1.29, 1.82) is 0 Å². The van der Waals surface area contributed by atoms with Crippen LogP contribution in [0.1, 0.15) is 10.4 Å². The maximum Gasteiger partial charge on any atom is 0.338 e. The van der Waals surface area contributed by atoms with Crippen molar-refractivity contribution in [2.24, 2.45) is 0 Å². The molecule has 0 spiro atoms. The summed E-state index contributed by atoms with van der Waals surface area (Å²) in [6.07, 6.45) is 0. The highest BCUT2D eigenvalue weighted by Gasteiger charge is 2.18. The van der Waals surface area contributed by atoms with Crippen LogP contribution in [0, 0.1) is 11.6 Å². The summed E-state index contributed by atoms with van der Waals surface area (Å²) in [6, 6.07) is 8.07. The standard InChI is InChI=1S/C14H10F2O3/c1-19-11-7-3-5-9(13(11)16)8-4-2-6-10(12(8)15)14(17)18/h2-7H,1H3,(H,17,18). The molecule has 0 atom stereocenters. The van der Waals surface area contributed by atoms with Crippen molar-refractivity contribution in [1.82, 2.24) is 0 Å². The van der Waals surface area contributed by atoms with Crippen LogP contribution in [0.4, 0.5) is 8.78 Å². The van der Waals surface area contributed by atoms with Crippen LogP contribution in [0.5, 0.6) is 5.75 Å². The summed E-state index contributed by atoms with van der Waals surface area (Å²) in [5.41, 5.74) is -0.657. The summed E-state index contributed by atoms with van der Waals surface area (Å²) in [4.78, 5) is 10.9. The number of ether oxygens (including phenoxy) is 1. The molecule has 0 saturated heterocycles. The van der Waals surface area contributed by atoms with Crippen LogP contribution in [0.15, 0.2) is 36.4 Å². The van der Waals surface area contributed by atoms with E-state index in [4.69, 9.17) is 9.84 Å². The van der Waals surface area contributed by atoms with Gasteiger partial charge >= 0.3 is 5.97 Å². The van der Waals surface area contributed by atoms with E-state index in [0.717, 1.165) is 6.07 Å². The fraction of sp³-hybridized carbons (Fsp3) is 0.0714.